The molecule has 120 valence electrons. The molecule has 0 fully saturated rings. The van der Waals surface area contributed by atoms with Crippen molar-refractivity contribution < 1.29 is 14.5 Å². The molecule has 0 radical (unpaired) electrons. The van der Waals surface area contributed by atoms with Crippen molar-refractivity contribution >= 4 is 23.2 Å². The van der Waals surface area contributed by atoms with Crippen molar-refractivity contribution in [1.82, 2.24) is 14.9 Å². The lowest BCUT2D eigenvalue weighted by Crippen LogP contribution is -2.36. The number of hydrogen-bond donors (Lipinski definition) is 2. The Labute approximate surface area is 131 Å². The maximum Gasteiger partial charge on any atom is 0.313 e. The van der Waals surface area contributed by atoms with E-state index in [4.69, 9.17) is 0 Å². The van der Waals surface area contributed by atoms with Crippen LogP contribution < -0.4 is 10.6 Å². The Morgan fingerprint density at radius 1 is 1.26 bits per heavy atom. The first-order chi connectivity index (χ1) is 11.1. The number of nitrogens with zero attached hydrogens (tertiary/aromatic N) is 3. The number of aromatic nitrogens is 2. The summed E-state index contributed by atoms with van der Waals surface area (Å²) in [4.78, 5) is 37.5. The Morgan fingerprint density at radius 3 is 2.74 bits per heavy atom. The van der Waals surface area contributed by atoms with E-state index in [-0.39, 0.29) is 11.4 Å². The first-order valence-corrected chi connectivity index (χ1v) is 6.86. The van der Waals surface area contributed by atoms with E-state index in [0.29, 0.717) is 19.5 Å². The van der Waals surface area contributed by atoms with E-state index in [2.05, 4.69) is 15.6 Å². The number of nitrogens with one attached hydrogen (secondary N) is 2. The number of amides is 2. The van der Waals surface area contributed by atoms with Crippen LogP contribution in [0.1, 0.15) is 6.42 Å². The number of para-hydroxylation sites is 2. The van der Waals surface area contributed by atoms with Gasteiger partial charge in [-0.1, -0.05) is 12.1 Å². The van der Waals surface area contributed by atoms with Crippen molar-refractivity contribution in [3.05, 3.63) is 53.1 Å². The zero-order valence-electron chi connectivity index (χ0n) is 12.1. The summed E-state index contributed by atoms with van der Waals surface area (Å²) >= 11 is 0. The molecule has 0 saturated heterocycles. The average Bonchev–Trinajstić information content (AvgIpc) is 3.05. The van der Waals surface area contributed by atoms with E-state index in [9.17, 15) is 19.7 Å². The molecule has 1 heterocycles. The van der Waals surface area contributed by atoms with Crippen molar-refractivity contribution in [2.75, 3.05) is 11.9 Å². The van der Waals surface area contributed by atoms with Crippen LogP contribution in [0.5, 0.6) is 0 Å². The third-order valence-electron chi connectivity index (χ3n) is 2.99. The highest BCUT2D eigenvalue weighted by atomic mass is 16.6. The van der Waals surface area contributed by atoms with E-state index in [1.807, 2.05) is 4.57 Å². The second-order valence-electron chi connectivity index (χ2n) is 4.64. The van der Waals surface area contributed by atoms with Crippen molar-refractivity contribution in [3.8, 4) is 0 Å². The van der Waals surface area contributed by atoms with Gasteiger partial charge in [0.1, 0.15) is 5.69 Å². The number of anilines is 1. The fraction of sp³-hybridized carbons (Fsp3) is 0.214. The number of nitro benzene ring substituents is 1. The molecule has 2 rings (SSSR count). The number of carbonyl (C=O) groups excluding carboxylic acids is 2. The van der Waals surface area contributed by atoms with E-state index in [1.165, 1.54) is 24.3 Å². The fourth-order valence-electron chi connectivity index (χ4n) is 1.88. The largest absolute Gasteiger partial charge is 0.348 e. The molecule has 0 bridgehead atoms. The van der Waals surface area contributed by atoms with E-state index < -0.39 is 16.7 Å². The SMILES string of the molecule is O=C(NCCCn1ccnc1)C(=O)Nc1ccccc1[N+](=O)[O-]. The Balaban J connectivity index is 1.81. The number of imidazole rings is 1. The molecule has 0 spiro atoms. The van der Waals surface area contributed by atoms with Gasteiger partial charge in [-0.15, -0.1) is 0 Å². The highest BCUT2D eigenvalue weighted by Crippen LogP contribution is 2.22. The summed E-state index contributed by atoms with van der Waals surface area (Å²) in [6.45, 7) is 0.966. The Hall–Kier alpha value is -3.23. The predicted molar refractivity (Wildman–Crippen MR) is 81.6 cm³/mol. The Bertz CT molecular complexity index is 699. The number of nitro groups is 1. The molecule has 0 unspecified atom stereocenters. The monoisotopic (exact) mass is 317 g/mol. The van der Waals surface area contributed by atoms with Crippen LogP contribution >= 0.6 is 0 Å². The average molecular weight is 317 g/mol. The zero-order valence-corrected chi connectivity index (χ0v) is 12.1. The summed E-state index contributed by atoms with van der Waals surface area (Å²) < 4.78 is 1.85. The van der Waals surface area contributed by atoms with Crippen LogP contribution in [0.25, 0.3) is 0 Å². The van der Waals surface area contributed by atoms with Gasteiger partial charge in [-0.3, -0.25) is 19.7 Å². The van der Waals surface area contributed by atoms with E-state index in [0.717, 1.165) is 0 Å². The van der Waals surface area contributed by atoms with Gasteiger partial charge in [0, 0.05) is 31.5 Å². The van der Waals surface area contributed by atoms with Crippen LogP contribution in [0.4, 0.5) is 11.4 Å². The summed E-state index contributed by atoms with van der Waals surface area (Å²) in [5.74, 6) is -1.78. The topological polar surface area (TPSA) is 119 Å². The van der Waals surface area contributed by atoms with Crippen LogP contribution in [0.2, 0.25) is 0 Å². The molecule has 0 aliphatic carbocycles. The maximum absolute atomic E-state index is 11.7. The minimum atomic E-state index is -0.943. The molecule has 2 N–H and O–H groups in total. The van der Waals surface area contributed by atoms with E-state index >= 15 is 0 Å². The number of aryl methyl sites for hydroxylation is 1. The molecular formula is C14H15N5O4. The fourth-order valence-corrected chi connectivity index (χ4v) is 1.88. The molecule has 0 saturated carbocycles. The predicted octanol–water partition coefficient (Wildman–Crippen LogP) is 0.936. The molecule has 2 aromatic rings. The van der Waals surface area contributed by atoms with Crippen LogP contribution in [0.3, 0.4) is 0 Å². The summed E-state index contributed by atoms with van der Waals surface area (Å²) in [6.07, 6.45) is 5.73. The van der Waals surface area contributed by atoms with Gasteiger partial charge in [-0.25, -0.2) is 4.98 Å². The van der Waals surface area contributed by atoms with Gasteiger partial charge < -0.3 is 15.2 Å². The normalized spacial score (nSPS) is 10.1. The lowest BCUT2D eigenvalue weighted by atomic mass is 10.2. The quantitative estimate of drug-likeness (QED) is 0.355. The second-order valence-corrected chi connectivity index (χ2v) is 4.64. The number of carbonyl (C=O) groups is 2. The van der Waals surface area contributed by atoms with Gasteiger partial charge in [0.2, 0.25) is 0 Å². The van der Waals surface area contributed by atoms with Crippen LogP contribution in [0, 0.1) is 10.1 Å². The van der Waals surface area contributed by atoms with Gasteiger partial charge in [0.25, 0.3) is 5.69 Å². The zero-order chi connectivity index (χ0) is 16.7. The standard InChI is InChI=1S/C14H15N5O4/c20-13(16-6-3-8-18-9-7-15-10-18)14(21)17-11-4-1-2-5-12(11)19(22)23/h1-2,4-5,7,9-10H,3,6,8H2,(H,16,20)(H,17,21). The molecule has 9 heteroatoms. The molecule has 9 nitrogen and oxygen atoms in total. The highest BCUT2D eigenvalue weighted by Gasteiger charge is 2.18. The first kappa shape index (κ1) is 16.1. The lowest BCUT2D eigenvalue weighted by molar-refractivity contribution is -0.383. The Kier molecular flexibility index (Phi) is 5.40. The molecule has 0 aliphatic heterocycles. The van der Waals surface area contributed by atoms with Crippen molar-refractivity contribution in [3.63, 3.8) is 0 Å². The molecular weight excluding hydrogens is 302 g/mol. The highest BCUT2D eigenvalue weighted by molar-refractivity contribution is 6.39. The van der Waals surface area contributed by atoms with Crippen molar-refractivity contribution in [2.45, 2.75) is 13.0 Å². The third-order valence-corrected chi connectivity index (χ3v) is 2.99. The first-order valence-electron chi connectivity index (χ1n) is 6.86. The van der Waals surface area contributed by atoms with Gasteiger partial charge in [0.05, 0.1) is 11.3 Å². The molecule has 1 aromatic heterocycles. The Morgan fingerprint density at radius 2 is 2.04 bits per heavy atom. The third kappa shape index (κ3) is 4.63. The van der Waals surface area contributed by atoms with Crippen LogP contribution in [0.15, 0.2) is 43.0 Å². The molecule has 23 heavy (non-hydrogen) atoms. The van der Waals surface area contributed by atoms with Gasteiger partial charge in [-0.05, 0) is 12.5 Å². The van der Waals surface area contributed by atoms with Crippen LogP contribution in [-0.2, 0) is 16.1 Å². The maximum atomic E-state index is 11.7. The number of rotatable bonds is 6. The summed E-state index contributed by atoms with van der Waals surface area (Å²) in [6, 6.07) is 5.62. The molecule has 2 amide bonds. The molecule has 1 aromatic carbocycles. The smallest absolute Gasteiger partial charge is 0.313 e. The summed E-state index contributed by atoms with van der Waals surface area (Å²) in [5.41, 5.74) is -0.287. The van der Waals surface area contributed by atoms with Gasteiger partial charge in [0.15, 0.2) is 0 Å². The summed E-state index contributed by atoms with van der Waals surface area (Å²) in [7, 11) is 0. The van der Waals surface area contributed by atoms with Gasteiger partial charge >= 0.3 is 11.8 Å². The number of benzene rings is 1. The summed E-state index contributed by atoms with van der Waals surface area (Å²) in [5, 5.41) is 15.5. The van der Waals surface area contributed by atoms with Crippen molar-refractivity contribution in [2.24, 2.45) is 0 Å². The van der Waals surface area contributed by atoms with Crippen molar-refractivity contribution in [1.29, 1.82) is 0 Å². The van der Waals surface area contributed by atoms with Gasteiger partial charge in [-0.2, -0.15) is 0 Å². The second kappa shape index (κ2) is 7.69. The van der Waals surface area contributed by atoms with Crippen LogP contribution in [-0.4, -0.2) is 32.8 Å². The lowest BCUT2D eigenvalue weighted by Gasteiger charge is -2.07. The molecule has 0 atom stereocenters. The van der Waals surface area contributed by atoms with E-state index in [1.54, 1.807) is 18.7 Å². The number of hydrogen-bond acceptors (Lipinski definition) is 5. The molecule has 0 aliphatic rings. The minimum Gasteiger partial charge on any atom is -0.348 e. The minimum absolute atomic E-state index is 0.0175.